The Hall–Kier alpha value is -2.83. The van der Waals surface area contributed by atoms with E-state index in [0.717, 1.165) is 11.1 Å². The van der Waals surface area contributed by atoms with Gasteiger partial charge in [-0.1, -0.05) is 43.7 Å². The number of carbonyl (C=O) groups is 2. The monoisotopic (exact) mass is 358 g/mol. The van der Waals surface area contributed by atoms with Gasteiger partial charge in [0.05, 0.1) is 12.7 Å². The number of hydrogen-bond acceptors (Lipinski definition) is 3. The van der Waals surface area contributed by atoms with Crippen LogP contribution in [0.15, 0.2) is 36.7 Å². The van der Waals surface area contributed by atoms with E-state index in [9.17, 15) is 14.7 Å². The van der Waals surface area contributed by atoms with Gasteiger partial charge in [0.2, 0.25) is 0 Å². The van der Waals surface area contributed by atoms with Crippen molar-refractivity contribution in [3.8, 4) is 0 Å². The Bertz CT molecular complexity index is 770. The number of aromatic nitrogens is 2. The summed E-state index contributed by atoms with van der Waals surface area (Å²) < 4.78 is 1.67. The first-order chi connectivity index (χ1) is 12.3. The van der Waals surface area contributed by atoms with Gasteiger partial charge in [-0.15, -0.1) is 0 Å². The number of carboxylic acids is 1. The van der Waals surface area contributed by atoms with Crippen molar-refractivity contribution >= 4 is 12.0 Å². The number of benzene rings is 1. The number of aliphatic carboxylic acids is 1. The van der Waals surface area contributed by atoms with E-state index < -0.39 is 18.0 Å². The van der Waals surface area contributed by atoms with Crippen LogP contribution in [0, 0.1) is 12.8 Å². The summed E-state index contributed by atoms with van der Waals surface area (Å²) in [6.07, 6.45) is 3.55. The van der Waals surface area contributed by atoms with Gasteiger partial charge in [-0.3, -0.25) is 4.68 Å². The first-order valence-electron chi connectivity index (χ1n) is 8.58. The van der Waals surface area contributed by atoms with Crippen molar-refractivity contribution in [3.63, 3.8) is 0 Å². The molecule has 2 amide bonds. The molecule has 26 heavy (non-hydrogen) atoms. The molecule has 1 heterocycles. The zero-order chi connectivity index (χ0) is 19.3. The first kappa shape index (κ1) is 19.5. The quantitative estimate of drug-likeness (QED) is 0.797. The normalized spacial score (nSPS) is 12.0. The Morgan fingerprint density at radius 1 is 1.35 bits per heavy atom. The van der Waals surface area contributed by atoms with Crippen LogP contribution >= 0.6 is 0 Å². The van der Waals surface area contributed by atoms with Crippen LogP contribution in [0.4, 0.5) is 4.79 Å². The smallest absolute Gasteiger partial charge is 0.330 e. The Morgan fingerprint density at radius 3 is 2.62 bits per heavy atom. The fraction of sp³-hybridized carbons (Fsp3) is 0.421. The van der Waals surface area contributed by atoms with Crippen molar-refractivity contribution in [1.82, 2.24) is 20.0 Å². The molecular formula is C19H26N4O3. The molecule has 1 aromatic heterocycles. The molecule has 0 unspecified atom stereocenters. The standard InChI is InChI=1S/C19H26N4O3/c1-13(2)10-23(12-15-9-20-22(4)11-15)19(26)21-17(18(24)25)16-7-5-6-14(3)8-16/h5-9,11,13,17H,10,12H2,1-4H3,(H,21,26)(H,24,25)/t17-/m0/s1. The maximum Gasteiger partial charge on any atom is 0.330 e. The molecule has 2 aromatic rings. The predicted molar refractivity (Wildman–Crippen MR) is 98.5 cm³/mol. The van der Waals surface area contributed by atoms with Gasteiger partial charge in [-0.25, -0.2) is 9.59 Å². The lowest BCUT2D eigenvalue weighted by Gasteiger charge is -2.26. The highest BCUT2D eigenvalue weighted by Gasteiger charge is 2.25. The van der Waals surface area contributed by atoms with Crippen LogP contribution < -0.4 is 5.32 Å². The van der Waals surface area contributed by atoms with Crippen molar-refractivity contribution in [3.05, 3.63) is 53.3 Å². The lowest BCUT2D eigenvalue weighted by Crippen LogP contribution is -2.44. The zero-order valence-electron chi connectivity index (χ0n) is 15.6. The number of rotatable bonds is 7. The third-order valence-corrected chi connectivity index (χ3v) is 3.89. The molecule has 7 heteroatoms. The van der Waals surface area contributed by atoms with Crippen LogP contribution in [0.5, 0.6) is 0 Å². The molecule has 2 N–H and O–H groups in total. The number of carboxylic acid groups (broad SMARTS) is 1. The van der Waals surface area contributed by atoms with Crippen molar-refractivity contribution in [2.24, 2.45) is 13.0 Å². The summed E-state index contributed by atoms with van der Waals surface area (Å²) in [4.78, 5) is 26.1. The number of nitrogens with one attached hydrogen (secondary N) is 1. The Balaban J connectivity index is 2.18. The molecule has 0 saturated carbocycles. The topological polar surface area (TPSA) is 87.5 Å². The second kappa shape index (κ2) is 8.51. The minimum Gasteiger partial charge on any atom is -0.479 e. The van der Waals surface area contributed by atoms with Crippen molar-refractivity contribution in [2.75, 3.05) is 6.54 Å². The van der Waals surface area contributed by atoms with Gasteiger partial charge in [0, 0.05) is 25.4 Å². The number of carbonyl (C=O) groups excluding carboxylic acids is 1. The molecule has 2 rings (SSSR count). The summed E-state index contributed by atoms with van der Waals surface area (Å²) in [5.41, 5.74) is 2.39. The predicted octanol–water partition coefficient (Wildman–Crippen LogP) is 2.72. The fourth-order valence-electron chi connectivity index (χ4n) is 2.79. The minimum absolute atomic E-state index is 0.250. The van der Waals surface area contributed by atoms with Crippen LogP contribution in [0.1, 0.15) is 36.6 Å². The van der Waals surface area contributed by atoms with Gasteiger partial charge in [-0.2, -0.15) is 5.10 Å². The highest BCUT2D eigenvalue weighted by atomic mass is 16.4. The fourth-order valence-corrected chi connectivity index (χ4v) is 2.79. The number of nitrogens with zero attached hydrogens (tertiary/aromatic N) is 3. The van der Waals surface area contributed by atoms with E-state index in [0.29, 0.717) is 18.7 Å². The van der Waals surface area contributed by atoms with Crippen molar-refractivity contribution < 1.29 is 14.7 Å². The number of hydrogen-bond donors (Lipinski definition) is 2. The van der Waals surface area contributed by atoms with E-state index in [1.165, 1.54) is 0 Å². The molecular weight excluding hydrogens is 332 g/mol. The van der Waals surface area contributed by atoms with Crippen molar-refractivity contribution in [1.29, 1.82) is 0 Å². The number of urea groups is 1. The van der Waals surface area contributed by atoms with E-state index in [2.05, 4.69) is 10.4 Å². The van der Waals surface area contributed by atoms with E-state index in [4.69, 9.17) is 0 Å². The summed E-state index contributed by atoms with van der Waals surface area (Å²) >= 11 is 0. The largest absolute Gasteiger partial charge is 0.479 e. The second-order valence-corrected chi connectivity index (χ2v) is 6.93. The third kappa shape index (κ3) is 5.34. The van der Waals surface area contributed by atoms with Gasteiger partial charge in [0.1, 0.15) is 0 Å². The summed E-state index contributed by atoms with van der Waals surface area (Å²) in [5, 5.41) is 16.3. The SMILES string of the molecule is Cc1cccc([C@H](NC(=O)N(Cc2cnn(C)c2)CC(C)C)C(=O)O)c1. The maximum atomic E-state index is 12.8. The summed E-state index contributed by atoms with van der Waals surface area (Å²) in [7, 11) is 1.81. The average Bonchev–Trinajstić information content (AvgIpc) is 2.96. The van der Waals surface area contributed by atoms with Crippen LogP contribution in [0.3, 0.4) is 0 Å². The van der Waals surface area contributed by atoms with Gasteiger partial charge < -0.3 is 15.3 Å². The number of aryl methyl sites for hydroxylation is 2. The molecule has 1 aromatic carbocycles. The number of amides is 2. The zero-order valence-corrected chi connectivity index (χ0v) is 15.6. The lowest BCUT2D eigenvalue weighted by molar-refractivity contribution is -0.139. The van der Waals surface area contributed by atoms with E-state index in [1.807, 2.05) is 40.1 Å². The molecule has 7 nitrogen and oxygen atoms in total. The molecule has 0 bridgehead atoms. The van der Waals surface area contributed by atoms with E-state index in [-0.39, 0.29) is 5.92 Å². The third-order valence-electron chi connectivity index (χ3n) is 3.89. The molecule has 0 fully saturated rings. The van der Waals surface area contributed by atoms with Gasteiger partial charge >= 0.3 is 12.0 Å². The van der Waals surface area contributed by atoms with Crippen LogP contribution in [0.2, 0.25) is 0 Å². The molecule has 140 valence electrons. The highest BCUT2D eigenvalue weighted by Crippen LogP contribution is 2.16. The van der Waals surface area contributed by atoms with Crippen LogP contribution in [-0.2, 0) is 18.4 Å². The Kier molecular flexibility index (Phi) is 6.38. The molecule has 0 aliphatic rings. The minimum atomic E-state index is -1.09. The molecule has 0 radical (unpaired) electrons. The Morgan fingerprint density at radius 2 is 2.08 bits per heavy atom. The van der Waals surface area contributed by atoms with Gasteiger partial charge in [-0.05, 0) is 18.4 Å². The first-order valence-corrected chi connectivity index (χ1v) is 8.58. The van der Waals surface area contributed by atoms with E-state index >= 15 is 0 Å². The molecule has 0 aliphatic heterocycles. The van der Waals surface area contributed by atoms with E-state index in [1.54, 1.807) is 34.0 Å². The molecule has 0 saturated heterocycles. The molecule has 1 atom stereocenters. The Labute approximate surface area is 153 Å². The van der Waals surface area contributed by atoms with Crippen molar-refractivity contribution in [2.45, 2.75) is 33.4 Å². The summed E-state index contributed by atoms with van der Waals surface area (Å²) in [6.45, 7) is 6.80. The lowest BCUT2D eigenvalue weighted by atomic mass is 10.0. The highest BCUT2D eigenvalue weighted by molar-refractivity contribution is 5.83. The van der Waals surface area contributed by atoms with Crippen LogP contribution in [-0.4, -0.2) is 38.3 Å². The maximum absolute atomic E-state index is 12.8. The van der Waals surface area contributed by atoms with Crippen LogP contribution in [0.25, 0.3) is 0 Å². The molecule has 0 spiro atoms. The summed E-state index contributed by atoms with van der Waals surface area (Å²) in [5.74, 6) is -0.838. The average molecular weight is 358 g/mol. The molecule has 0 aliphatic carbocycles. The summed E-state index contributed by atoms with van der Waals surface area (Å²) in [6, 6.07) is 5.65. The van der Waals surface area contributed by atoms with Gasteiger partial charge in [0.25, 0.3) is 0 Å². The van der Waals surface area contributed by atoms with Gasteiger partial charge in [0.15, 0.2) is 6.04 Å². The second-order valence-electron chi connectivity index (χ2n) is 6.93.